The number of nitrogens with zero attached hydrogens (tertiary/aromatic N) is 1. The molecule has 0 spiro atoms. The highest BCUT2D eigenvalue weighted by molar-refractivity contribution is 5.85. The van der Waals surface area contributed by atoms with Crippen LogP contribution in [0.15, 0.2) is 24.3 Å². The molecule has 0 saturated heterocycles. The predicted molar refractivity (Wildman–Crippen MR) is 77.8 cm³/mol. The van der Waals surface area contributed by atoms with Gasteiger partial charge in [-0.25, -0.2) is 0 Å². The fourth-order valence-corrected chi connectivity index (χ4v) is 1.40. The molecule has 0 bridgehead atoms. The van der Waals surface area contributed by atoms with Gasteiger partial charge >= 0.3 is 0 Å². The van der Waals surface area contributed by atoms with Crippen molar-refractivity contribution in [2.75, 3.05) is 20.1 Å². The molecule has 1 aromatic carbocycles. The average molecular weight is 296 g/mol. The summed E-state index contributed by atoms with van der Waals surface area (Å²) in [4.78, 5) is 10.2. The minimum absolute atomic E-state index is 0. The van der Waals surface area contributed by atoms with Crippen LogP contribution in [0.3, 0.4) is 0 Å². The number of nitro benzene ring substituents is 1. The monoisotopic (exact) mass is 295 g/mol. The lowest BCUT2D eigenvalue weighted by Gasteiger charge is -2.04. The molecule has 0 heterocycles. The first-order valence-corrected chi connectivity index (χ1v) is 5.32. The number of nitro groups is 1. The zero-order chi connectivity index (χ0) is 11.8. The summed E-state index contributed by atoms with van der Waals surface area (Å²) in [5, 5.41) is 16.8. The fraction of sp³-hybridized carbons (Fsp3) is 0.455. The largest absolute Gasteiger partial charge is 0.320 e. The predicted octanol–water partition coefficient (Wildman–Crippen LogP) is 2.14. The third kappa shape index (κ3) is 7.45. The van der Waals surface area contributed by atoms with Crippen LogP contribution >= 0.6 is 24.8 Å². The summed E-state index contributed by atoms with van der Waals surface area (Å²) >= 11 is 0. The van der Waals surface area contributed by atoms with Crippen LogP contribution in [0.25, 0.3) is 0 Å². The first kappa shape index (κ1) is 19.5. The highest BCUT2D eigenvalue weighted by Gasteiger charge is 2.04. The van der Waals surface area contributed by atoms with Crippen LogP contribution in [0.1, 0.15) is 12.0 Å². The normalized spacial score (nSPS) is 9.17. The Hall–Kier alpha value is -0.880. The molecule has 0 radical (unpaired) electrons. The Labute approximate surface area is 119 Å². The first-order chi connectivity index (χ1) is 7.74. The van der Waals surface area contributed by atoms with Crippen LogP contribution in [0.2, 0.25) is 0 Å². The molecule has 0 aliphatic heterocycles. The Balaban J connectivity index is 0. The van der Waals surface area contributed by atoms with E-state index in [9.17, 15) is 10.1 Å². The minimum Gasteiger partial charge on any atom is -0.320 e. The number of hydrogen-bond donors (Lipinski definition) is 2. The molecule has 18 heavy (non-hydrogen) atoms. The number of hydrogen-bond acceptors (Lipinski definition) is 4. The minimum atomic E-state index is -0.371. The molecule has 0 unspecified atom stereocenters. The molecule has 0 aliphatic rings. The molecule has 1 rings (SSSR count). The summed E-state index contributed by atoms with van der Waals surface area (Å²) in [7, 11) is 1.92. The Morgan fingerprint density at radius 3 is 2.61 bits per heavy atom. The van der Waals surface area contributed by atoms with Crippen LogP contribution in [0, 0.1) is 10.1 Å². The van der Waals surface area contributed by atoms with Gasteiger partial charge in [0, 0.05) is 18.7 Å². The molecule has 0 saturated carbocycles. The SMILES string of the molecule is CNCCCNCc1cccc([N+](=O)[O-])c1.Cl.Cl. The van der Waals surface area contributed by atoms with Gasteiger partial charge in [-0.2, -0.15) is 0 Å². The number of rotatable bonds is 7. The standard InChI is InChI=1S/C11H17N3O2.2ClH/c1-12-6-3-7-13-9-10-4-2-5-11(8-10)14(15)16;;/h2,4-5,8,12-13H,3,6-7,9H2,1H3;2*1H. The summed E-state index contributed by atoms with van der Waals surface area (Å²) in [5.41, 5.74) is 1.09. The molecule has 0 fully saturated rings. The molecule has 0 atom stereocenters. The summed E-state index contributed by atoms with van der Waals surface area (Å²) in [5.74, 6) is 0. The molecule has 104 valence electrons. The van der Waals surface area contributed by atoms with Crippen molar-refractivity contribution < 1.29 is 4.92 Å². The van der Waals surface area contributed by atoms with Crippen LogP contribution in [-0.4, -0.2) is 25.1 Å². The van der Waals surface area contributed by atoms with Crippen molar-refractivity contribution >= 4 is 30.5 Å². The third-order valence-electron chi connectivity index (χ3n) is 2.23. The summed E-state index contributed by atoms with van der Waals surface area (Å²) < 4.78 is 0. The maximum atomic E-state index is 10.5. The van der Waals surface area contributed by atoms with Gasteiger partial charge in [-0.15, -0.1) is 24.8 Å². The Morgan fingerprint density at radius 1 is 1.28 bits per heavy atom. The molecule has 0 aliphatic carbocycles. The van der Waals surface area contributed by atoms with Crippen LogP contribution in [0.5, 0.6) is 0 Å². The first-order valence-electron chi connectivity index (χ1n) is 5.32. The third-order valence-corrected chi connectivity index (χ3v) is 2.23. The second-order valence-corrected chi connectivity index (χ2v) is 3.56. The molecule has 7 heteroatoms. The van der Waals surface area contributed by atoms with Gasteiger partial charge in [-0.3, -0.25) is 10.1 Å². The van der Waals surface area contributed by atoms with E-state index in [-0.39, 0.29) is 35.4 Å². The highest BCUT2D eigenvalue weighted by atomic mass is 35.5. The van der Waals surface area contributed by atoms with Crippen LogP contribution in [0.4, 0.5) is 5.69 Å². The van der Waals surface area contributed by atoms with Gasteiger partial charge in [-0.05, 0) is 32.1 Å². The van der Waals surface area contributed by atoms with Crippen LogP contribution in [-0.2, 0) is 6.54 Å². The van der Waals surface area contributed by atoms with Crippen molar-refractivity contribution in [3.05, 3.63) is 39.9 Å². The topological polar surface area (TPSA) is 67.2 Å². The van der Waals surface area contributed by atoms with Crippen molar-refractivity contribution in [1.82, 2.24) is 10.6 Å². The van der Waals surface area contributed by atoms with Crippen molar-refractivity contribution in [1.29, 1.82) is 0 Å². The number of benzene rings is 1. The lowest BCUT2D eigenvalue weighted by Crippen LogP contribution is -2.19. The molecular formula is C11H19Cl2N3O2. The van der Waals surface area contributed by atoms with Crippen molar-refractivity contribution in [3.8, 4) is 0 Å². The van der Waals surface area contributed by atoms with Gasteiger partial charge in [0.25, 0.3) is 5.69 Å². The summed E-state index contributed by atoms with van der Waals surface area (Å²) in [6.45, 7) is 2.55. The van der Waals surface area contributed by atoms with Gasteiger partial charge in [0.05, 0.1) is 4.92 Å². The highest BCUT2D eigenvalue weighted by Crippen LogP contribution is 2.12. The molecule has 0 amide bonds. The van der Waals surface area contributed by atoms with E-state index in [2.05, 4.69) is 10.6 Å². The quantitative estimate of drug-likeness (QED) is 0.459. The van der Waals surface area contributed by atoms with E-state index >= 15 is 0 Å². The Morgan fingerprint density at radius 2 is 2.00 bits per heavy atom. The number of halogens is 2. The Kier molecular flexibility index (Phi) is 12.1. The van der Waals surface area contributed by atoms with E-state index < -0.39 is 0 Å². The second kappa shape index (κ2) is 11.2. The number of nitrogens with one attached hydrogen (secondary N) is 2. The summed E-state index contributed by atoms with van der Waals surface area (Å²) in [6.07, 6.45) is 1.05. The van der Waals surface area contributed by atoms with E-state index in [0.717, 1.165) is 25.1 Å². The molecular weight excluding hydrogens is 277 g/mol. The molecule has 2 N–H and O–H groups in total. The maximum absolute atomic E-state index is 10.5. The molecule has 1 aromatic rings. The van der Waals surface area contributed by atoms with E-state index in [1.807, 2.05) is 13.1 Å². The lowest BCUT2D eigenvalue weighted by molar-refractivity contribution is -0.384. The van der Waals surface area contributed by atoms with E-state index in [1.165, 1.54) is 6.07 Å². The van der Waals surface area contributed by atoms with E-state index in [0.29, 0.717) is 6.54 Å². The maximum Gasteiger partial charge on any atom is 0.269 e. The van der Waals surface area contributed by atoms with Gasteiger partial charge in [0.2, 0.25) is 0 Å². The van der Waals surface area contributed by atoms with Crippen LogP contribution < -0.4 is 10.6 Å². The second-order valence-electron chi connectivity index (χ2n) is 3.56. The van der Waals surface area contributed by atoms with Gasteiger partial charge in [-0.1, -0.05) is 12.1 Å². The zero-order valence-electron chi connectivity index (χ0n) is 10.2. The Bertz CT molecular complexity index is 351. The zero-order valence-corrected chi connectivity index (χ0v) is 11.9. The molecule has 5 nitrogen and oxygen atoms in total. The smallest absolute Gasteiger partial charge is 0.269 e. The van der Waals surface area contributed by atoms with Crippen molar-refractivity contribution in [2.45, 2.75) is 13.0 Å². The van der Waals surface area contributed by atoms with Gasteiger partial charge < -0.3 is 10.6 Å². The fourth-order valence-electron chi connectivity index (χ4n) is 1.40. The van der Waals surface area contributed by atoms with Crippen molar-refractivity contribution in [3.63, 3.8) is 0 Å². The van der Waals surface area contributed by atoms with E-state index in [1.54, 1.807) is 12.1 Å². The number of non-ortho nitro benzene ring substituents is 1. The van der Waals surface area contributed by atoms with Gasteiger partial charge in [0.1, 0.15) is 0 Å². The van der Waals surface area contributed by atoms with Gasteiger partial charge in [0.15, 0.2) is 0 Å². The lowest BCUT2D eigenvalue weighted by atomic mass is 10.2. The molecule has 0 aromatic heterocycles. The van der Waals surface area contributed by atoms with Crippen molar-refractivity contribution in [2.24, 2.45) is 0 Å². The van der Waals surface area contributed by atoms with E-state index in [4.69, 9.17) is 0 Å². The summed E-state index contributed by atoms with van der Waals surface area (Å²) in [6, 6.07) is 6.70. The average Bonchev–Trinajstić information content (AvgIpc) is 2.29.